The van der Waals surface area contributed by atoms with E-state index in [0.29, 0.717) is 28.2 Å². The molecule has 0 unspecified atom stereocenters. The molecular formula is C33H43ClN4O3. The fourth-order valence-electron chi connectivity index (χ4n) is 6.14. The summed E-state index contributed by atoms with van der Waals surface area (Å²) in [6.07, 6.45) is 4.39. The number of anilines is 1. The molecule has 4 rings (SSSR count). The largest absolute Gasteiger partial charge is 0.497 e. The zero-order chi connectivity index (χ0) is 29.7. The van der Waals surface area contributed by atoms with Crippen LogP contribution in [0.3, 0.4) is 0 Å². The lowest BCUT2D eigenvalue weighted by atomic mass is 9.88. The Morgan fingerprint density at radius 2 is 1.71 bits per heavy atom. The van der Waals surface area contributed by atoms with Gasteiger partial charge in [-0.25, -0.2) is 0 Å². The maximum absolute atomic E-state index is 13.3. The van der Waals surface area contributed by atoms with Gasteiger partial charge in [-0.2, -0.15) is 0 Å². The summed E-state index contributed by atoms with van der Waals surface area (Å²) in [6, 6.07) is 14.5. The van der Waals surface area contributed by atoms with Crippen molar-refractivity contribution in [2.45, 2.75) is 78.6 Å². The van der Waals surface area contributed by atoms with Crippen molar-refractivity contribution in [1.29, 1.82) is 0 Å². The molecule has 8 heteroatoms. The topological polar surface area (TPSA) is 77.7 Å². The summed E-state index contributed by atoms with van der Waals surface area (Å²) < 4.78 is 5.29. The SMILES string of the molecule is CCN(c1cc(Cl)cc(C(=O)NCc2c(C)[nH]c(C)cc2=O)c1C)C1CCC(N(C)Cc2ccc(OC)cc2)CC1. The number of aromatic nitrogens is 1. The number of benzene rings is 2. The summed E-state index contributed by atoms with van der Waals surface area (Å²) in [6.45, 7) is 9.75. The van der Waals surface area contributed by atoms with E-state index >= 15 is 0 Å². The average Bonchev–Trinajstić information content (AvgIpc) is 2.95. The number of carbonyl (C=O) groups excluding carboxylic acids is 1. The highest BCUT2D eigenvalue weighted by molar-refractivity contribution is 6.31. The first-order valence-corrected chi connectivity index (χ1v) is 14.9. The molecule has 0 bridgehead atoms. The van der Waals surface area contributed by atoms with Gasteiger partial charge in [-0.05, 0) is 95.8 Å². The number of aromatic amines is 1. The summed E-state index contributed by atoms with van der Waals surface area (Å²) in [5, 5.41) is 3.48. The van der Waals surface area contributed by atoms with Crippen LogP contribution in [0.25, 0.3) is 0 Å². The molecule has 1 aromatic heterocycles. The second-order valence-electron chi connectivity index (χ2n) is 11.2. The molecule has 7 nitrogen and oxygen atoms in total. The fourth-order valence-corrected chi connectivity index (χ4v) is 6.35. The van der Waals surface area contributed by atoms with Crippen LogP contribution in [0.5, 0.6) is 5.75 Å². The van der Waals surface area contributed by atoms with Crippen LogP contribution in [0, 0.1) is 20.8 Å². The van der Waals surface area contributed by atoms with Crippen molar-refractivity contribution in [3.8, 4) is 5.75 Å². The Labute approximate surface area is 248 Å². The molecule has 1 heterocycles. The van der Waals surface area contributed by atoms with Gasteiger partial charge in [0, 0.05) is 71.0 Å². The Hall–Kier alpha value is -3.29. The van der Waals surface area contributed by atoms with E-state index in [0.717, 1.165) is 67.2 Å². The summed E-state index contributed by atoms with van der Waals surface area (Å²) in [4.78, 5) is 33.8. The molecule has 41 heavy (non-hydrogen) atoms. The van der Waals surface area contributed by atoms with Gasteiger partial charge >= 0.3 is 0 Å². The van der Waals surface area contributed by atoms with Crippen LogP contribution in [-0.2, 0) is 13.1 Å². The van der Waals surface area contributed by atoms with Gasteiger partial charge in [0.1, 0.15) is 5.75 Å². The Balaban J connectivity index is 1.43. The van der Waals surface area contributed by atoms with Crippen molar-refractivity contribution in [3.05, 3.63) is 91.4 Å². The lowest BCUT2D eigenvalue weighted by molar-refractivity contribution is 0.0950. The predicted molar refractivity (Wildman–Crippen MR) is 167 cm³/mol. The van der Waals surface area contributed by atoms with Gasteiger partial charge in [0.05, 0.1) is 7.11 Å². The quantitative estimate of drug-likeness (QED) is 0.301. The van der Waals surface area contributed by atoms with Crippen LogP contribution in [0.1, 0.15) is 71.0 Å². The smallest absolute Gasteiger partial charge is 0.251 e. The molecule has 0 saturated heterocycles. The maximum Gasteiger partial charge on any atom is 0.251 e. The lowest BCUT2D eigenvalue weighted by Crippen LogP contribution is -2.43. The first kappa shape index (κ1) is 30.7. The van der Waals surface area contributed by atoms with Crippen LogP contribution < -0.4 is 20.4 Å². The van der Waals surface area contributed by atoms with E-state index in [2.05, 4.69) is 46.2 Å². The van der Waals surface area contributed by atoms with Crippen LogP contribution >= 0.6 is 11.6 Å². The van der Waals surface area contributed by atoms with E-state index < -0.39 is 0 Å². The number of pyridine rings is 1. The highest BCUT2D eigenvalue weighted by Crippen LogP contribution is 2.34. The number of carbonyl (C=O) groups is 1. The van der Waals surface area contributed by atoms with Gasteiger partial charge < -0.3 is 19.9 Å². The maximum atomic E-state index is 13.3. The van der Waals surface area contributed by atoms with E-state index in [4.69, 9.17) is 16.3 Å². The molecule has 220 valence electrons. The van der Waals surface area contributed by atoms with Crippen molar-refractivity contribution in [2.24, 2.45) is 0 Å². The molecule has 1 aliphatic rings. The van der Waals surface area contributed by atoms with E-state index in [1.54, 1.807) is 19.2 Å². The second kappa shape index (κ2) is 13.6. The molecule has 2 aromatic carbocycles. The number of hydrogen-bond donors (Lipinski definition) is 2. The molecular weight excluding hydrogens is 536 g/mol. The summed E-state index contributed by atoms with van der Waals surface area (Å²) >= 11 is 6.58. The number of aryl methyl sites for hydroxylation is 2. The summed E-state index contributed by atoms with van der Waals surface area (Å²) in [7, 11) is 3.90. The highest BCUT2D eigenvalue weighted by Gasteiger charge is 2.29. The number of halogens is 1. The minimum Gasteiger partial charge on any atom is -0.497 e. The molecule has 1 fully saturated rings. The Bertz CT molecular complexity index is 1410. The minimum atomic E-state index is -0.231. The average molecular weight is 579 g/mol. The van der Waals surface area contributed by atoms with Crippen LogP contribution in [0.4, 0.5) is 5.69 Å². The number of nitrogens with zero attached hydrogens (tertiary/aromatic N) is 2. The number of nitrogens with one attached hydrogen (secondary N) is 2. The molecule has 0 radical (unpaired) electrons. The van der Waals surface area contributed by atoms with Crippen molar-refractivity contribution >= 4 is 23.2 Å². The highest BCUT2D eigenvalue weighted by atomic mass is 35.5. The predicted octanol–water partition coefficient (Wildman–Crippen LogP) is 6.16. The van der Waals surface area contributed by atoms with E-state index in [1.807, 2.05) is 39.0 Å². The molecule has 2 N–H and O–H groups in total. The number of rotatable bonds is 10. The summed E-state index contributed by atoms with van der Waals surface area (Å²) in [5.41, 5.74) is 5.79. The van der Waals surface area contributed by atoms with Gasteiger partial charge in [-0.15, -0.1) is 0 Å². The number of H-pyrrole nitrogens is 1. The first-order valence-electron chi connectivity index (χ1n) is 14.5. The molecule has 0 atom stereocenters. The second-order valence-corrected chi connectivity index (χ2v) is 11.6. The minimum absolute atomic E-state index is 0.0787. The molecule has 1 amide bonds. The normalized spacial score (nSPS) is 17.0. The molecule has 1 aliphatic carbocycles. The van der Waals surface area contributed by atoms with Crippen LogP contribution in [-0.4, -0.2) is 48.6 Å². The molecule has 0 aliphatic heterocycles. The van der Waals surface area contributed by atoms with Gasteiger partial charge in [0.25, 0.3) is 5.91 Å². The van der Waals surface area contributed by atoms with Gasteiger partial charge in [-0.3, -0.25) is 14.5 Å². The number of hydrogen-bond acceptors (Lipinski definition) is 5. The standard InChI is InChI=1S/C33H43ClN4O3/c1-7-38(27-12-10-26(11-13-27)37(5)20-24-8-14-28(41-6)15-9-24)31-18-25(34)17-29(22(31)3)33(40)35-19-30-23(4)36-21(2)16-32(30)39/h8-9,14-18,26-27H,7,10-13,19-20H2,1-6H3,(H,35,40)(H,36,39). The number of ether oxygens (including phenoxy) is 1. The van der Waals surface area contributed by atoms with Gasteiger partial charge in [0.2, 0.25) is 0 Å². The van der Waals surface area contributed by atoms with Crippen molar-refractivity contribution < 1.29 is 9.53 Å². The lowest BCUT2D eigenvalue weighted by Gasteiger charge is -2.41. The number of methoxy groups -OCH3 is 1. The Kier molecular flexibility index (Phi) is 10.2. The molecule has 3 aromatic rings. The first-order chi connectivity index (χ1) is 19.6. The molecule has 0 spiro atoms. The monoisotopic (exact) mass is 578 g/mol. The van der Waals surface area contributed by atoms with Crippen molar-refractivity contribution in [1.82, 2.24) is 15.2 Å². The fraction of sp³-hybridized carbons (Fsp3) is 0.455. The van der Waals surface area contributed by atoms with Crippen LogP contribution in [0.2, 0.25) is 5.02 Å². The third-order valence-electron chi connectivity index (χ3n) is 8.47. The number of amides is 1. The van der Waals surface area contributed by atoms with E-state index in [-0.39, 0.29) is 17.9 Å². The van der Waals surface area contributed by atoms with E-state index in [1.165, 1.54) is 5.56 Å². The zero-order valence-electron chi connectivity index (χ0n) is 25.1. The van der Waals surface area contributed by atoms with Crippen molar-refractivity contribution in [3.63, 3.8) is 0 Å². The Morgan fingerprint density at radius 3 is 2.32 bits per heavy atom. The third-order valence-corrected chi connectivity index (χ3v) is 8.69. The molecule has 1 saturated carbocycles. The van der Waals surface area contributed by atoms with Gasteiger partial charge in [-0.1, -0.05) is 23.7 Å². The van der Waals surface area contributed by atoms with Gasteiger partial charge in [0.15, 0.2) is 5.43 Å². The van der Waals surface area contributed by atoms with E-state index in [9.17, 15) is 9.59 Å². The van der Waals surface area contributed by atoms with Crippen molar-refractivity contribution in [2.75, 3.05) is 25.6 Å². The summed E-state index contributed by atoms with van der Waals surface area (Å²) in [5.74, 6) is 0.649. The van der Waals surface area contributed by atoms with Crippen LogP contribution in [0.15, 0.2) is 47.3 Å². The Morgan fingerprint density at radius 1 is 1.05 bits per heavy atom. The zero-order valence-corrected chi connectivity index (χ0v) is 25.9. The third kappa shape index (κ3) is 7.32.